The SMILES string of the molecule is C=CCCCc1ccc(NC2C=CC(C3CC=CCC3)=C(C)C2)cc1CC=C. The summed E-state index contributed by atoms with van der Waals surface area (Å²) < 4.78 is 0. The highest BCUT2D eigenvalue weighted by Crippen LogP contribution is 2.33. The molecule has 0 heterocycles. The van der Waals surface area contributed by atoms with Gasteiger partial charge in [-0.15, -0.1) is 13.2 Å². The minimum Gasteiger partial charge on any atom is -0.379 e. The molecule has 0 amide bonds. The molecule has 28 heavy (non-hydrogen) atoms. The number of anilines is 1. The zero-order valence-corrected chi connectivity index (χ0v) is 17.4. The summed E-state index contributed by atoms with van der Waals surface area (Å²) in [5.41, 5.74) is 7.18. The Balaban J connectivity index is 1.65. The lowest BCUT2D eigenvalue weighted by molar-refractivity contribution is 0.552. The fraction of sp³-hybridized carbons (Fsp3) is 0.407. The first-order valence-corrected chi connectivity index (χ1v) is 10.8. The molecule has 148 valence electrons. The summed E-state index contributed by atoms with van der Waals surface area (Å²) >= 11 is 0. The van der Waals surface area contributed by atoms with Crippen LogP contribution in [-0.2, 0) is 12.8 Å². The first-order valence-electron chi connectivity index (χ1n) is 10.8. The maximum Gasteiger partial charge on any atom is 0.0484 e. The highest BCUT2D eigenvalue weighted by Gasteiger charge is 2.20. The van der Waals surface area contributed by atoms with Crippen LogP contribution >= 0.6 is 0 Å². The highest BCUT2D eigenvalue weighted by atomic mass is 14.9. The van der Waals surface area contributed by atoms with Crippen LogP contribution in [-0.4, -0.2) is 6.04 Å². The van der Waals surface area contributed by atoms with E-state index < -0.39 is 0 Å². The van der Waals surface area contributed by atoms with Crippen LogP contribution in [0.5, 0.6) is 0 Å². The van der Waals surface area contributed by atoms with E-state index in [4.69, 9.17) is 0 Å². The Labute approximate surface area is 171 Å². The molecule has 0 saturated carbocycles. The van der Waals surface area contributed by atoms with E-state index in [9.17, 15) is 0 Å². The van der Waals surface area contributed by atoms with Crippen molar-refractivity contribution in [3.05, 3.63) is 90.1 Å². The summed E-state index contributed by atoms with van der Waals surface area (Å²) in [5.74, 6) is 0.719. The monoisotopic (exact) mass is 373 g/mol. The predicted octanol–water partition coefficient (Wildman–Crippen LogP) is 7.34. The molecule has 0 aliphatic heterocycles. The lowest BCUT2D eigenvalue weighted by atomic mass is 9.81. The molecule has 0 spiro atoms. The molecular weight excluding hydrogens is 338 g/mol. The number of hydrogen-bond donors (Lipinski definition) is 1. The number of hydrogen-bond acceptors (Lipinski definition) is 1. The van der Waals surface area contributed by atoms with Crippen LogP contribution < -0.4 is 5.32 Å². The number of nitrogens with one attached hydrogen (secondary N) is 1. The van der Waals surface area contributed by atoms with Gasteiger partial charge in [0, 0.05) is 11.7 Å². The van der Waals surface area contributed by atoms with Gasteiger partial charge in [0.2, 0.25) is 0 Å². The average Bonchev–Trinajstić information content (AvgIpc) is 2.71. The summed E-state index contributed by atoms with van der Waals surface area (Å²) in [7, 11) is 0. The minimum atomic E-state index is 0.381. The van der Waals surface area contributed by atoms with Gasteiger partial charge in [0.15, 0.2) is 0 Å². The van der Waals surface area contributed by atoms with Crippen molar-refractivity contribution >= 4 is 5.69 Å². The normalized spacial score (nSPS) is 21.6. The van der Waals surface area contributed by atoms with Crippen molar-refractivity contribution in [1.29, 1.82) is 0 Å². The largest absolute Gasteiger partial charge is 0.379 e. The second-order valence-electron chi connectivity index (χ2n) is 8.19. The van der Waals surface area contributed by atoms with Crippen molar-refractivity contribution in [2.24, 2.45) is 5.92 Å². The molecule has 1 heteroatoms. The molecule has 2 aliphatic carbocycles. The lowest BCUT2D eigenvalue weighted by Gasteiger charge is -2.28. The zero-order chi connectivity index (χ0) is 19.8. The van der Waals surface area contributed by atoms with Crippen LogP contribution in [0.4, 0.5) is 5.69 Å². The van der Waals surface area contributed by atoms with E-state index in [1.807, 2.05) is 12.2 Å². The molecule has 0 aromatic heterocycles. The van der Waals surface area contributed by atoms with Gasteiger partial charge in [0.25, 0.3) is 0 Å². The van der Waals surface area contributed by atoms with E-state index in [0.29, 0.717) is 6.04 Å². The average molecular weight is 374 g/mol. The van der Waals surface area contributed by atoms with Crippen LogP contribution in [0.1, 0.15) is 56.6 Å². The quantitative estimate of drug-likeness (QED) is 0.353. The maximum absolute atomic E-state index is 3.94. The Morgan fingerprint density at radius 1 is 1.14 bits per heavy atom. The van der Waals surface area contributed by atoms with Crippen LogP contribution in [0.2, 0.25) is 0 Å². The van der Waals surface area contributed by atoms with E-state index in [0.717, 1.165) is 38.0 Å². The van der Waals surface area contributed by atoms with E-state index in [2.05, 4.69) is 67.9 Å². The van der Waals surface area contributed by atoms with Gasteiger partial charge in [0.05, 0.1) is 0 Å². The van der Waals surface area contributed by atoms with Crippen molar-refractivity contribution in [2.75, 3.05) is 5.32 Å². The lowest BCUT2D eigenvalue weighted by Crippen LogP contribution is -2.22. The fourth-order valence-corrected chi connectivity index (χ4v) is 4.49. The fourth-order valence-electron chi connectivity index (χ4n) is 4.49. The molecule has 2 aliphatic rings. The number of allylic oxidation sites excluding steroid dienone is 6. The van der Waals surface area contributed by atoms with Crippen LogP contribution in [0, 0.1) is 5.92 Å². The molecule has 2 unspecified atom stereocenters. The number of benzene rings is 1. The third-order valence-electron chi connectivity index (χ3n) is 6.01. The molecule has 0 saturated heterocycles. The van der Waals surface area contributed by atoms with E-state index >= 15 is 0 Å². The standard InChI is InChI=1S/C27H35N/c1-4-6-8-12-22-15-16-26(20-24(22)11-5-2)28-25-17-18-27(21(3)19-25)23-13-9-7-10-14-23/h4-5,7,9,15-18,20,23,25,28H,1-2,6,8,10-14,19H2,3H3. The topological polar surface area (TPSA) is 12.0 Å². The second-order valence-corrected chi connectivity index (χ2v) is 8.19. The van der Waals surface area contributed by atoms with Crippen molar-refractivity contribution in [2.45, 2.75) is 64.3 Å². The van der Waals surface area contributed by atoms with Gasteiger partial charge in [-0.25, -0.2) is 0 Å². The number of rotatable bonds is 9. The summed E-state index contributed by atoms with van der Waals surface area (Å²) in [6, 6.07) is 7.23. The van der Waals surface area contributed by atoms with Crippen molar-refractivity contribution in [3.63, 3.8) is 0 Å². The first kappa shape index (κ1) is 20.5. The molecule has 1 N–H and O–H groups in total. The Morgan fingerprint density at radius 2 is 2.04 bits per heavy atom. The van der Waals surface area contributed by atoms with Crippen LogP contribution in [0.3, 0.4) is 0 Å². The minimum absolute atomic E-state index is 0.381. The van der Waals surface area contributed by atoms with Crippen molar-refractivity contribution in [1.82, 2.24) is 0 Å². The van der Waals surface area contributed by atoms with Crippen LogP contribution in [0.25, 0.3) is 0 Å². The van der Waals surface area contributed by atoms with E-state index in [-0.39, 0.29) is 0 Å². The Kier molecular flexibility index (Phi) is 7.54. The molecule has 1 nitrogen and oxygen atoms in total. The smallest absolute Gasteiger partial charge is 0.0484 e. The summed E-state index contributed by atoms with van der Waals surface area (Å²) in [5, 5.41) is 3.74. The van der Waals surface area contributed by atoms with Gasteiger partial charge < -0.3 is 5.32 Å². The molecule has 3 rings (SSSR count). The Bertz CT molecular complexity index is 777. The molecule has 0 radical (unpaired) electrons. The summed E-state index contributed by atoms with van der Waals surface area (Å²) in [6.45, 7) is 10.1. The molecule has 2 atom stereocenters. The maximum atomic E-state index is 3.94. The number of aryl methyl sites for hydroxylation is 1. The second kappa shape index (κ2) is 10.3. The molecule has 0 bridgehead atoms. The highest BCUT2D eigenvalue weighted by molar-refractivity contribution is 5.52. The summed E-state index contributed by atoms with van der Waals surface area (Å²) in [4.78, 5) is 0. The Morgan fingerprint density at radius 3 is 2.75 bits per heavy atom. The molecule has 0 fully saturated rings. The molecule has 1 aromatic rings. The van der Waals surface area contributed by atoms with Crippen molar-refractivity contribution in [3.8, 4) is 0 Å². The molecule has 1 aromatic carbocycles. The van der Waals surface area contributed by atoms with Gasteiger partial charge in [-0.1, -0.05) is 48.1 Å². The predicted molar refractivity (Wildman–Crippen MR) is 124 cm³/mol. The van der Waals surface area contributed by atoms with Crippen LogP contribution in [0.15, 0.2) is 79.0 Å². The van der Waals surface area contributed by atoms with E-state index in [1.165, 1.54) is 36.1 Å². The van der Waals surface area contributed by atoms with Gasteiger partial charge in [-0.3, -0.25) is 0 Å². The third-order valence-corrected chi connectivity index (χ3v) is 6.01. The van der Waals surface area contributed by atoms with Gasteiger partial charge >= 0.3 is 0 Å². The third kappa shape index (κ3) is 5.38. The van der Waals surface area contributed by atoms with E-state index in [1.54, 1.807) is 11.1 Å². The first-order chi connectivity index (χ1) is 13.7. The van der Waals surface area contributed by atoms with Gasteiger partial charge in [-0.05, 0) is 93.0 Å². The Hall–Kier alpha value is -2.28. The molecular formula is C27H35N. The zero-order valence-electron chi connectivity index (χ0n) is 17.4. The van der Waals surface area contributed by atoms with Gasteiger partial charge in [0.1, 0.15) is 0 Å². The summed E-state index contributed by atoms with van der Waals surface area (Å²) in [6.07, 6.45) is 22.5. The number of unbranched alkanes of at least 4 members (excludes halogenated alkanes) is 1. The van der Waals surface area contributed by atoms with Gasteiger partial charge in [-0.2, -0.15) is 0 Å². The van der Waals surface area contributed by atoms with Crippen molar-refractivity contribution < 1.29 is 0 Å².